The van der Waals surface area contributed by atoms with Gasteiger partial charge in [-0.05, 0) is 238 Å². The first-order chi connectivity index (χ1) is 44.7. The summed E-state index contributed by atoms with van der Waals surface area (Å²) in [5.41, 5.74) is 27.7. The Labute approximate surface area is 544 Å². The van der Waals surface area contributed by atoms with Gasteiger partial charge in [0.15, 0.2) is 0 Å². The molecule has 0 aliphatic heterocycles. The topological polar surface area (TPSA) is 40.7 Å². The largest absolute Gasteiger partial charge is 0.497 e. The van der Waals surface area contributed by atoms with Crippen molar-refractivity contribution < 1.29 is 14.2 Å². The van der Waals surface area contributed by atoms with Gasteiger partial charge >= 0.3 is 0 Å². The molecule has 14 rings (SSSR count). The molecular weight excluding hydrogens is 1120 g/mol. The number of hydrogen-bond donors (Lipinski definition) is 0. The molecule has 0 atom stereocenters. The summed E-state index contributed by atoms with van der Waals surface area (Å²) < 4.78 is 17.1. The summed E-state index contributed by atoms with van der Waals surface area (Å²) in [5, 5.41) is 0. The normalized spacial score (nSPS) is 15.0. The first-order valence-corrected chi connectivity index (χ1v) is 32.4. The van der Waals surface area contributed by atoms with Gasteiger partial charge in [-0.25, -0.2) is 0 Å². The van der Waals surface area contributed by atoms with Crippen LogP contribution in [-0.4, -0.2) is 27.9 Å². The standard InChI is InChI=1S/C85H80N4O3/c1-11-19-59(87(62-35-44-68(90-8)45-36-62)65-43-52-80-76(54-65)73-23-14-17-26-79(73)83(80,2)3)20-18-53-86(57-27-31-60(32-28-57)88(63-37-46-69(91-9)47-38-63)66-41-50-74-71-21-12-15-24-77(71)84(4,5)81(74)55-66)58-29-33-61(34-30-58)89(64-39-48-70(92-10)49-40-64)67-42-51-75-72-22-13-16-25-78(72)85(6,7)82(75)56-67/h12-29,31-33,35-52,54-56H,11,30,34,53H2,1-10H3. The Morgan fingerprint density at radius 3 is 1.24 bits per heavy atom. The quantitative estimate of drug-likeness (QED) is 0.0793. The molecule has 4 aliphatic carbocycles. The maximum atomic E-state index is 5.72. The lowest BCUT2D eigenvalue weighted by molar-refractivity contribution is 0.414. The number of anilines is 8. The van der Waals surface area contributed by atoms with E-state index in [2.05, 4.69) is 323 Å². The minimum absolute atomic E-state index is 0.108. The molecule has 7 nitrogen and oxygen atoms in total. The van der Waals surface area contributed by atoms with Crippen molar-refractivity contribution in [3.8, 4) is 50.6 Å². The van der Waals surface area contributed by atoms with Crippen LogP contribution in [0, 0.1) is 0 Å². The molecule has 4 aliphatic rings. The fourth-order valence-electron chi connectivity index (χ4n) is 15.0. The minimum Gasteiger partial charge on any atom is -0.497 e. The average molecular weight is 1210 g/mol. The van der Waals surface area contributed by atoms with Crippen molar-refractivity contribution in [2.24, 2.45) is 0 Å². The first kappa shape index (κ1) is 59.4. The third-order valence-corrected chi connectivity index (χ3v) is 19.9. The second kappa shape index (κ2) is 23.9. The molecule has 0 radical (unpaired) electrons. The molecule has 0 fully saturated rings. The van der Waals surface area contributed by atoms with Crippen LogP contribution in [0.4, 0.5) is 45.5 Å². The lowest BCUT2D eigenvalue weighted by Crippen LogP contribution is -2.26. The second-order valence-electron chi connectivity index (χ2n) is 26.2. The van der Waals surface area contributed by atoms with Crippen LogP contribution in [0.1, 0.15) is 101 Å². The predicted octanol–water partition coefficient (Wildman–Crippen LogP) is 22.0. The van der Waals surface area contributed by atoms with Gasteiger partial charge in [-0.3, -0.25) is 0 Å². The molecule has 0 bridgehead atoms. The van der Waals surface area contributed by atoms with E-state index >= 15 is 0 Å². The van der Waals surface area contributed by atoms with Crippen molar-refractivity contribution in [1.82, 2.24) is 0 Å². The van der Waals surface area contributed by atoms with Gasteiger partial charge in [0, 0.05) is 85.4 Å². The highest BCUT2D eigenvalue weighted by molar-refractivity contribution is 5.89. The molecule has 7 heteroatoms. The van der Waals surface area contributed by atoms with Gasteiger partial charge in [0.2, 0.25) is 0 Å². The van der Waals surface area contributed by atoms with Crippen LogP contribution in [0.3, 0.4) is 0 Å². The number of allylic oxidation sites excluding steroid dienone is 6. The van der Waals surface area contributed by atoms with Crippen LogP contribution in [-0.2, 0) is 16.2 Å². The van der Waals surface area contributed by atoms with Crippen molar-refractivity contribution >= 4 is 45.5 Å². The fourth-order valence-corrected chi connectivity index (χ4v) is 15.0. The number of fused-ring (bicyclic) bond motifs is 9. The van der Waals surface area contributed by atoms with Crippen LogP contribution < -0.4 is 33.8 Å². The summed E-state index contributed by atoms with van der Waals surface area (Å²) in [5.74, 6) is 2.46. The Bertz CT molecular complexity index is 4570. The maximum Gasteiger partial charge on any atom is 0.119 e. The van der Waals surface area contributed by atoms with Crippen molar-refractivity contribution in [1.29, 1.82) is 0 Å². The van der Waals surface area contributed by atoms with Crippen LogP contribution in [0.15, 0.2) is 272 Å². The Morgan fingerprint density at radius 1 is 0.370 bits per heavy atom. The van der Waals surface area contributed by atoms with Crippen molar-refractivity contribution in [2.75, 3.05) is 47.5 Å². The summed E-state index contributed by atoms with van der Waals surface area (Å²) in [6.07, 6.45) is 14.2. The molecule has 0 N–H and O–H groups in total. The van der Waals surface area contributed by atoms with Crippen molar-refractivity contribution in [2.45, 2.75) is 84.0 Å². The first-order valence-electron chi connectivity index (χ1n) is 32.4. The molecule has 0 aromatic heterocycles. The highest BCUT2D eigenvalue weighted by atomic mass is 16.5. The molecule has 0 unspecified atom stereocenters. The lowest BCUT2D eigenvalue weighted by Gasteiger charge is -2.34. The molecule has 92 heavy (non-hydrogen) atoms. The molecule has 0 heterocycles. The summed E-state index contributed by atoms with van der Waals surface area (Å²) in [7, 11) is 5.18. The van der Waals surface area contributed by atoms with Crippen LogP contribution in [0.5, 0.6) is 17.2 Å². The van der Waals surface area contributed by atoms with Crippen molar-refractivity contribution in [3.63, 3.8) is 0 Å². The third-order valence-electron chi connectivity index (χ3n) is 19.9. The molecule has 10 aromatic rings. The monoisotopic (exact) mass is 1200 g/mol. The van der Waals surface area contributed by atoms with Gasteiger partial charge in [-0.2, -0.15) is 0 Å². The summed E-state index contributed by atoms with van der Waals surface area (Å²) >= 11 is 0. The Hall–Kier alpha value is -10.2. The Kier molecular flexibility index (Phi) is 15.4. The predicted molar refractivity (Wildman–Crippen MR) is 384 cm³/mol. The third kappa shape index (κ3) is 10.3. The number of ether oxygens (including phenoxy) is 3. The van der Waals surface area contributed by atoms with E-state index < -0.39 is 0 Å². The highest BCUT2D eigenvalue weighted by Crippen LogP contribution is 2.54. The van der Waals surface area contributed by atoms with E-state index in [-0.39, 0.29) is 16.2 Å². The van der Waals surface area contributed by atoms with E-state index in [1.54, 1.807) is 21.3 Å². The summed E-state index contributed by atoms with van der Waals surface area (Å²) in [6, 6.07) is 82.3. The molecule has 0 saturated heterocycles. The SMILES string of the molecule is CCC=C(C=CCN(C1=CC=C(N(c2ccc(OC)cc2)c2ccc3c(c2)C(C)(C)c2ccccc2-3)CC1)c1ccc(N(c2ccc(OC)cc2)c2ccc3c(c2)C(C)(C)c2ccccc2-3)cc1)N(c1ccc(OC)cc1)c1ccc2c(c1)-c1ccccc1C2(C)C. The van der Waals surface area contributed by atoms with Crippen LogP contribution in [0.25, 0.3) is 33.4 Å². The fraction of sp³-hybridized carbons (Fsp3) is 0.200. The molecular formula is C85H80N4O3. The molecule has 458 valence electrons. The van der Waals surface area contributed by atoms with Crippen LogP contribution >= 0.6 is 0 Å². The number of nitrogens with zero attached hydrogens (tertiary/aromatic N) is 4. The maximum absolute atomic E-state index is 5.72. The molecule has 0 spiro atoms. The summed E-state index contributed by atoms with van der Waals surface area (Å²) in [4.78, 5) is 9.73. The minimum atomic E-state index is -0.161. The van der Waals surface area contributed by atoms with Gasteiger partial charge < -0.3 is 33.8 Å². The van der Waals surface area contributed by atoms with E-state index in [1.807, 2.05) is 0 Å². The van der Waals surface area contributed by atoms with Crippen molar-refractivity contribution in [3.05, 3.63) is 305 Å². The van der Waals surface area contributed by atoms with E-state index in [4.69, 9.17) is 14.2 Å². The van der Waals surface area contributed by atoms with E-state index in [0.29, 0.717) is 6.54 Å². The van der Waals surface area contributed by atoms with E-state index in [1.165, 1.54) is 78.2 Å². The lowest BCUT2D eigenvalue weighted by atomic mass is 9.82. The number of methoxy groups -OCH3 is 3. The second-order valence-corrected chi connectivity index (χ2v) is 26.2. The van der Waals surface area contributed by atoms with Gasteiger partial charge in [-0.1, -0.05) is 152 Å². The van der Waals surface area contributed by atoms with Gasteiger partial charge in [0.1, 0.15) is 17.2 Å². The van der Waals surface area contributed by atoms with Gasteiger partial charge in [0.25, 0.3) is 0 Å². The summed E-state index contributed by atoms with van der Waals surface area (Å²) in [6.45, 7) is 16.9. The zero-order chi connectivity index (χ0) is 63.5. The number of hydrogen-bond acceptors (Lipinski definition) is 7. The van der Waals surface area contributed by atoms with E-state index in [0.717, 1.165) is 87.7 Å². The molecule has 0 amide bonds. The zero-order valence-electron chi connectivity index (χ0n) is 54.6. The Morgan fingerprint density at radius 2 is 0.750 bits per heavy atom. The van der Waals surface area contributed by atoms with E-state index in [9.17, 15) is 0 Å². The smallest absolute Gasteiger partial charge is 0.119 e. The highest BCUT2D eigenvalue weighted by Gasteiger charge is 2.39. The zero-order valence-corrected chi connectivity index (χ0v) is 54.6. The number of benzene rings is 10. The van der Waals surface area contributed by atoms with Gasteiger partial charge in [0.05, 0.1) is 21.3 Å². The average Bonchev–Trinajstić information content (AvgIpc) is 1.59. The van der Waals surface area contributed by atoms with Crippen LogP contribution in [0.2, 0.25) is 0 Å². The Balaban J connectivity index is 0.868. The van der Waals surface area contributed by atoms with Gasteiger partial charge in [-0.15, -0.1) is 0 Å². The molecule has 0 saturated carbocycles. The molecule has 10 aromatic carbocycles. The number of rotatable bonds is 18.